The Hall–Kier alpha value is -1.29. The molecule has 0 heterocycles. The summed E-state index contributed by atoms with van der Waals surface area (Å²) in [7, 11) is 0. The van der Waals surface area contributed by atoms with Crippen molar-refractivity contribution in [3.05, 3.63) is 12.1 Å². The third-order valence-electron chi connectivity index (χ3n) is 1.23. The zero-order valence-electron chi connectivity index (χ0n) is 5.54. The average molecular weight is 175 g/mol. The van der Waals surface area contributed by atoms with Gasteiger partial charge < -0.3 is 20.9 Å². The van der Waals surface area contributed by atoms with Crippen LogP contribution < -0.4 is 15.8 Å². The summed E-state index contributed by atoms with van der Waals surface area (Å²) in [5.41, 5.74) is 11.1. The highest BCUT2D eigenvalue weighted by Crippen LogP contribution is 2.33. The molecule has 0 unspecified atom stereocenters. The molecule has 0 radical (unpaired) electrons. The van der Waals surface area contributed by atoms with Gasteiger partial charge in [-0.2, -0.15) is 0 Å². The maximum Gasteiger partial charge on any atom is 0.175 e. The zero-order chi connectivity index (χ0) is 8.43. The van der Waals surface area contributed by atoms with Crippen molar-refractivity contribution < 1.29 is 9.40 Å². The lowest BCUT2D eigenvalue weighted by atomic mass is 10.2. The van der Waals surface area contributed by atoms with Gasteiger partial charge in [0.2, 0.25) is 0 Å². The van der Waals surface area contributed by atoms with Gasteiger partial charge in [-0.1, -0.05) is 0 Å². The number of hydrogen-bond donors (Lipinski definition) is 3. The SMILES string of the molecule is Nc1cc(O)c(N)c(OCl)c1. The van der Waals surface area contributed by atoms with Crippen molar-refractivity contribution in [2.45, 2.75) is 0 Å². The minimum Gasteiger partial charge on any atom is -0.506 e. The van der Waals surface area contributed by atoms with Crippen molar-refractivity contribution in [1.82, 2.24) is 0 Å². The van der Waals surface area contributed by atoms with Crippen LogP contribution in [0.5, 0.6) is 11.5 Å². The largest absolute Gasteiger partial charge is 0.506 e. The standard InChI is InChI=1S/C6H7ClN2O2/c7-11-5-2-3(8)1-4(10)6(5)9/h1-2,10H,8-9H2. The molecule has 5 heteroatoms. The van der Waals surface area contributed by atoms with Crippen molar-refractivity contribution in [2.24, 2.45) is 0 Å². The lowest BCUT2D eigenvalue weighted by Gasteiger charge is -2.04. The van der Waals surface area contributed by atoms with Gasteiger partial charge in [-0.15, -0.1) is 0 Å². The quantitative estimate of drug-likeness (QED) is 0.440. The van der Waals surface area contributed by atoms with E-state index in [0.29, 0.717) is 5.69 Å². The maximum absolute atomic E-state index is 9.07. The fourth-order valence-electron chi connectivity index (χ4n) is 0.696. The lowest BCUT2D eigenvalue weighted by molar-refractivity contribution is 0.475. The van der Waals surface area contributed by atoms with E-state index in [4.69, 9.17) is 28.4 Å². The number of benzene rings is 1. The van der Waals surface area contributed by atoms with Gasteiger partial charge in [0, 0.05) is 17.8 Å². The Morgan fingerprint density at radius 2 is 2.00 bits per heavy atom. The van der Waals surface area contributed by atoms with E-state index >= 15 is 0 Å². The first-order chi connectivity index (χ1) is 5.15. The van der Waals surface area contributed by atoms with E-state index < -0.39 is 0 Å². The molecule has 0 fully saturated rings. The Labute approximate surface area is 68.5 Å². The Morgan fingerprint density at radius 1 is 1.36 bits per heavy atom. The third-order valence-corrected chi connectivity index (χ3v) is 1.39. The summed E-state index contributed by atoms with van der Waals surface area (Å²) >= 11 is 5.03. The summed E-state index contributed by atoms with van der Waals surface area (Å²) in [6.07, 6.45) is 0. The topological polar surface area (TPSA) is 81.5 Å². The van der Waals surface area contributed by atoms with Crippen LogP contribution in [0.25, 0.3) is 0 Å². The molecule has 11 heavy (non-hydrogen) atoms. The number of aromatic hydroxyl groups is 1. The first kappa shape index (κ1) is 7.81. The molecule has 0 bridgehead atoms. The number of rotatable bonds is 1. The smallest absolute Gasteiger partial charge is 0.175 e. The van der Waals surface area contributed by atoms with Crippen LogP contribution in [-0.4, -0.2) is 5.11 Å². The highest BCUT2D eigenvalue weighted by Gasteiger charge is 2.06. The van der Waals surface area contributed by atoms with E-state index in [1.54, 1.807) is 0 Å². The highest BCUT2D eigenvalue weighted by atomic mass is 35.5. The predicted molar refractivity (Wildman–Crippen MR) is 43.4 cm³/mol. The summed E-state index contributed by atoms with van der Waals surface area (Å²) in [5.74, 6) is 0.0183. The molecule has 1 aromatic carbocycles. The number of hydrogen-bond acceptors (Lipinski definition) is 4. The molecule has 0 spiro atoms. The molecule has 0 aliphatic rings. The number of nitrogens with two attached hydrogens (primary N) is 2. The van der Waals surface area contributed by atoms with Crippen LogP contribution in [0, 0.1) is 0 Å². The average Bonchev–Trinajstić information content (AvgIpc) is 1.96. The molecule has 0 saturated carbocycles. The zero-order valence-corrected chi connectivity index (χ0v) is 6.30. The summed E-state index contributed by atoms with van der Waals surface area (Å²) < 4.78 is 4.31. The maximum atomic E-state index is 9.07. The first-order valence-electron chi connectivity index (χ1n) is 2.81. The number of phenols is 1. The number of phenolic OH excluding ortho intramolecular Hbond substituents is 1. The summed E-state index contributed by atoms with van der Waals surface area (Å²) in [4.78, 5) is 0. The van der Waals surface area contributed by atoms with Gasteiger partial charge in [-0.05, 0) is 0 Å². The second kappa shape index (κ2) is 2.75. The molecule has 60 valence electrons. The summed E-state index contributed by atoms with van der Waals surface area (Å²) in [5, 5.41) is 9.07. The van der Waals surface area contributed by atoms with Crippen LogP contribution in [0.3, 0.4) is 0 Å². The Morgan fingerprint density at radius 3 is 2.55 bits per heavy atom. The predicted octanol–water partition coefficient (Wildman–Crippen LogP) is 1.09. The van der Waals surface area contributed by atoms with Crippen LogP contribution in [0.15, 0.2) is 12.1 Å². The Kier molecular flexibility index (Phi) is 1.96. The molecule has 0 saturated heterocycles. The van der Waals surface area contributed by atoms with E-state index in [1.165, 1.54) is 12.1 Å². The number of nitrogen functional groups attached to an aromatic ring is 2. The molecule has 0 amide bonds. The summed E-state index contributed by atoms with van der Waals surface area (Å²) in [6, 6.07) is 2.73. The van der Waals surface area contributed by atoms with Crippen molar-refractivity contribution in [2.75, 3.05) is 11.5 Å². The molecule has 1 aromatic rings. The molecule has 0 atom stereocenters. The Balaban J connectivity index is 3.24. The lowest BCUT2D eigenvalue weighted by Crippen LogP contribution is -1.92. The van der Waals surface area contributed by atoms with E-state index in [9.17, 15) is 0 Å². The molecule has 0 aromatic heterocycles. The Bertz CT molecular complexity index is 278. The number of anilines is 2. The van der Waals surface area contributed by atoms with Crippen LogP contribution in [0.4, 0.5) is 11.4 Å². The summed E-state index contributed by atoms with van der Waals surface area (Å²) in [6.45, 7) is 0. The fraction of sp³-hybridized carbons (Fsp3) is 0. The molecule has 0 aliphatic heterocycles. The van der Waals surface area contributed by atoms with Crippen LogP contribution in [-0.2, 0) is 0 Å². The first-order valence-corrected chi connectivity index (χ1v) is 3.12. The van der Waals surface area contributed by atoms with Crippen LogP contribution in [0.2, 0.25) is 0 Å². The number of halogens is 1. The van der Waals surface area contributed by atoms with E-state index in [0.717, 1.165) is 0 Å². The minimum absolute atomic E-state index is 0.0780. The van der Waals surface area contributed by atoms with Gasteiger partial charge in [-0.3, -0.25) is 0 Å². The van der Waals surface area contributed by atoms with Crippen molar-refractivity contribution in [3.63, 3.8) is 0 Å². The van der Waals surface area contributed by atoms with Crippen molar-refractivity contribution in [3.8, 4) is 11.5 Å². The highest BCUT2D eigenvalue weighted by molar-refractivity contribution is 6.09. The van der Waals surface area contributed by atoms with Crippen molar-refractivity contribution >= 4 is 23.2 Å². The minimum atomic E-state index is -0.138. The van der Waals surface area contributed by atoms with E-state index in [-0.39, 0.29) is 17.2 Å². The van der Waals surface area contributed by atoms with E-state index in [2.05, 4.69) is 4.29 Å². The normalized spacial score (nSPS) is 9.55. The molecule has 5 N–H and O–H groups in total. The fourth-order valence-corrected chi connectivity index (χ4v) is 0.824. The third kappa shape index (κ3) is 1.40. The van der Waals surface area contributed by atoms with Gasteiger partial charge in [-0.25, -0.2) is 0 Å². The van der Waals surface area contributed by atoms with E-state index in [1.807, 2.05) is 0 Å². The second-order valence-electron chi connectivity index (χ2n) is 2.03. The molecule has 4 nitrogen and oxygen atoms in total. The second-order valence-corrected chi connectivity index (χ2v) is 2.18. The van der Waals surface area contributed by atoms with Crippen molar-refractivity contribution in [1.29, 1.82) is 0 Å². The molecule has 0 aliphatic carbocycles. The monoisotopic (exact) mass is 174 g/mol. The van der Waals surface area contributed by atoms with Gasteiger partial charge in [0.1, 0.15) is 23.3 Å². The molecular weight excluding hydrogens is 168 g/mol. The molecule has 1 rings (SSSR count). The van der Waals surface area contributed by atoms with Crippen LogP contribution in [0.1, 0.15) is 0 Å². The van der Waals surface area contributed by atoms with Gasteiger partial charge in [0.15, 0.2) is 5.75 Å². The van der Waals surface area contributed by atoms with Gasteiger partial charge in [0.05, 0.1) is 0 Å². The van der Waals surface area contributed by atoms with Gasteiger partial charge >= 0.3 is 0 Å². The molecular formula is C6H7ClN2O2. The van der Waals surface area contributed by atoms with Crippen LogP contribution >= 0.6 is 11.9 Å². The van der Waals surface area contributed by atoms with Gasteiger partial charge in [0.25, 0.3) is 0 Å².